The van der Waals surface area contributed by atoms with E-state index in [1.807, 2.05) is 54.6 Å². The Labute approximate surface area is 160 Å². The fourth-order valence-corrected chi connectivity index (χ4v) is 3.11. The van der Waals surface area contributed by atoms with Crippen LogP contribution in [0.5, 0.6) is 0 Å². The Morgan fingerprint density at radius 2 is 1.76 bits per heavy atom. The van der Waals surface area contributed by atoms with E-state index in [2.05, 4.69) is 30.4 Å². The average Bonchev–Trinajstić information content (AvgIpc) is 2.59. The number of hydrogen-bond donors (Lipinski definition) is 1. The van der Waals surface area contributed by atoms with Crippen LogP contribution in [0.1, 0.15) is 12.0 Å². The first kappa shape index (κ1) is 21.3. The van der Waals surface area contributed by atoms with Crippen molar-refractivity contribution in [3.8, 4) is 0 Å². The van der Waals surface area contributed by atoms with Crippen LogP contribution in [-0.2, 0) is 4.79 Å². The maximum Gasteiger partial charge on any atom is 0.248 e. The molecule has 0 unspecified atom stereocenters. The molecule has 0 spiro atoms. The lowest BCUT2D eigenvalue weighted by molar-refractivity contribution is -0.111. The lowest BCUT2D eigenvalue weighted by atomic mass is 10.2. The van der Waals surface area contributed by atoms with Crippen molar-refractivity contribution < 1.29 is 17.2 Å². The number of benzene rings is 2. The standard InChI is InChI=1S/C20H24N2OS.ClH/c1-22(2)15-8-16-24-19-12-7-6-11-18(19)21-20(23)14-13-17-9-4-3-5-10-17;/h3-7,9-14H,8,15-16H2,1-2H3,(H,21,23);1H/p-1/b14-13+;. The van der Waals surface area contributed by atoms with Gasteiger partial charge in [-0.15, -0.1) is 11.8 Å². The molecule has 0 aliphatic heterocycles. The molecule has 0 saturated carbocycles. The second-order valence-corrected chi connectivity index (χ2v) is 6.87. The second kappa shape index (κ2) is 11.7. The van der Waals surface area contributed by atoms with E-state index in [4.69, 9.17) is 0 Å². The van der Waals surface area contributed by atoms with Crippen molar-refractivity contribution in [2.45, 2.75) is 11.3 Å². The summed E-state index contributed by atoms with van der Waals surface area (Å²) in [5, 5.41) is 2.97. The van der Waals surface area contributed by atoms with Crippen LogP contribution in [0.3, 0.4) is 0 Å². The van der Waals surface area contributed by atoms with Crippen LogP contribution in [0.4, 0.5) is 5.69 Å². The number of carbonyl (C=O) groups is 1. The fourth-order valence-electron chi connectivity index (χ4n) is 2.17. The van der Waals surface area contributed by atoms with Gasteiger partial charge in [-0.2, -0.15) is 0 Å². The minimum absolute atomic E-state index is 0. The van der Waals surface area contributed by atoms with Gasteiger partial charge in [-0.25, -0.2) is 0 Å². The highest BCUT2D eigenvalue weighted by atomic mass is 35.5. The number of nitrogens with zero attached hydrogens (tertiary/aromatic N) is 1. The molecule has 2 aromatic carbocycles. The van der Waals surface area contributed by atoms with E-state index < -0.39 is 0 Å². The van der Waals surface area contributed by atoms with Gasteiger partial charge in [-0.3, -0.25) is 4.79 Å². The third-order valence-corrected chi connectivity index (χ3v) is 4.54. The Hall–Kier alpha value is -1.75. The van der Waals surface area contributed by atoms with Crippen LogP contribution in [0, 0.1) is 0 Å². The summed E-state index contributed by atoms with van der Waals surface area (Å²) in [5.74, 6) is 0.922. The van der Waals surface area contributed by atoms with Gasteiger partial charge >= 0.3 is 0 Å². The normalized spacial score (nSPS) is 10.7. The quantitative estimate of drug-likeness (QED) is 0.430. The maximum atomic E-state index is 12.1. The van der Waals surface area contributed by atoms with Crippen LogP contribution >= 0.6 is 11.8 Å². The number of amides is 1. The lowest BCUT2D eigenvalue weighted by Gasteiger charge is -2.11. The first-order valence-corrected chi connectivity index (χ1v) is 9.04. The molecule has 1 amide bonds. The molecular formula is C20H24ClN2OS-. The molecule has 3 nitrogen and oxygen atoms in total. The Kier molecular flexibility index (Phi) is 10.0. The minimum atomic E-state index is -0.111. The van der Waals surface area contributed by atoms with Gasteiger partial charge in [0.15, 0.2) is 0 Å². The molecule has 0 saturated heterocycles. The number of halogens is 1. The zero-order chi connectivity index (χ0) is 17.2. The van der Waals surface area contributed by atoms with E-state index in [0.717, 1.165) is 34.9 Å². The van der Waals surface area contributed by atoms with Gasteiger partial charge in [0.2, 0.25) is 5.91 Å². The molecular weight excluding hydrogens is 352 g/mol. The van der Waals surface area contributed by atoms with Crippen LogP contribution in [0.15, 0.2) is 65.6 Å². The molecule has 0 bridgehead atoms. The van der Waals surface area contributed by atoms with Gasteiger partial charge in [0.1, 0.15) is 0 Å². The number of anilines is 1. The first-order chi connectivity index (χ1) is 11.6. The molecule has 0 fully saturated rings. The summed E-state index contributed by atoms with van der Waals surface area (Å²) < 4.78 is 0. The summed E-state index contributed by atoms with van der Waals surface area (Å²) in [7, 11) is 4.16. The molecule has 5 heteroatoms. The predicted octanol–water partition coefficient (Wildman–Crippen LogP) is 1.39. The SMILES string of the molecule is CN(C)CCCSc1ccccc1NC(=O)/C=C/c1ccccc1.[Cl-]. The topological polar surface area (TPSA) is 32.3 Å². The van der Waals surface area contributed by atoms with Crippen LogP contribution in [0.2, 0.25) is 0 Å². The molecule has 0 atom stereocenters. The molecule has 2 aromatic rings. The molecule has 0 aliphatic carbocycles. The van der Waals surface area contributed by atoms with E-state index in [1.165, 1.54) is 0 Å². The maximum absolute atomic E-state index is 12.1. The third kappa shape index (κ3) is 8.25. The van der Waals surface area contributed by atoms with Gasteiger partial charge in [0.25, 0.3) is 0 Å². The van der Waals surface area contributed by atoms with E-state index in [1.54, 1.807) is 17.8 Å². The second-order valence-electron chi connectivity index (χ2n) is 5.73. The number of rotatable bonds is 8. The van der Waals surface area contributed by atoms with Crippen LogP contribution in [0.25, 0.3) is 6.08 Å². The molecule has 1 N–H and O–H groups in total. The van der Waals surface area contributed by atoms with Gasteiger partial charge in [-0.1, -0.05) is 42.5 Å². The van der Waals surface area contributed by atoms with Crippen molar-refractivity contribution in [1.29, 1.82) is 0 Å². The zero-order valence-electron chi connectivity index (χ0n) is 14.6. The first-order valence-electron chi connectivity index (χ1n) is 8.06. The highest BCUT2D eigenvalue weighted by molar-refractivity contribution is 7.99. The van der Waals surface area contributed by atoms with Crippen molar-refractivity contribution in [3.05, 3.63) is 66.2 Å². The van der Waals surface area contributed by atoms with E-state index >= 15 is 0 Å². The summed E-state index contributed by atoms with van der Waals surface area (Å²) in [5.41, 5.74) is 1.88. The number of nitrogens with one attached hydrogen (secondary N) is 1. The highest BCUT2D eigenvalue weighted by Crippen LogP contribution is 2.27. The van der Waals surface area contributed by atoms with Gasteiger partial charge in [0.05, 0.1) is 5.69 Å². The number of para-hydroxylation sites is 1. The molecule has 0 radical (unpaired) electrons. The summed E-state index contributed by atoms with van der Waals surface area (Å²) in [6, 6.07) is 17.8. The third-order valence-electron chi connectivity index (χ3n) is 3.38. The largest absolute Gasteiger partial charge is 1.00 e. The summed E-state index contributed by atoms with van der Waals surface area (Å²) >= 11 is 1.78. The molecule has 25 heavy (non-hydrogen) atoms. The van der Waals surface area contributed by atoms with Crippen molar-refractivity contribution >= 4 is 29.4 Å². The lowest BCUT2D eigenvalue weighted by Crippen LogP contribution is -3.00. The van der Waals surface area contributed by atoms with E-state index in [0.29, 0.717) is 0 Å². The zero-order valence-corrected chi connectivity index (χ0v) is 16.2. The molecule has 0 aliphatic rings. The van der Waals surface area contributed by atoms with Gasteiger partial charge < -0.3 is 22.6 Å². The Morgan fingerprint density at radius 3 is 2.48 bits per heavy atom. The van der Waals surface area contributed by atoms with Crippen molar-refractivity contribution in [2.75, 3.05) is 31.7 Å². The number of thioether (sulfide) groups is 1. The fraction of sp³-hybridized carbons (Fsp3) is 0.250. The Balaban J connectivity index is 0.00000312. The van der Waals surface area contributed by atoms with Crippen molar-refractivity contribution in [2.24, 2.45) is 0 Å². The summed E-state index contributed by atoms with van der Waals surface area (Å²) in [6.45, 7) is 1.07. The van der Waals surface area contributed by atoms with Crippen LogP contribution in [-0.4, -0.2) is 37.2 Å². The van der Waals surface area contributed by atoms with E-state index in [9.17, 15) is 4.79 Å². The number of carbonyl (C=O) groups excluding carboxylic acids is 1. The van der Waals surface area contributed by atoms with Gasteiger partial charge in [0, 0.05) is 11.0 Å². The van der Waals surface area contributed by atoms with Gasteiger partial charge in [-0.05, 0) is 56.6 Å². The van der Waals surface area contributed by atoms with Crippen LogP contribution < -0.4 is 17.7 Å². The number of hydrogen-bond acceptors (Lipinski definition) is 3. The molecule has 134 valence electrons. The predicted molar refractivity (Wildman–Crippen MR) is 104 cm³/mol. The molecule has 0 aromatic heterocycles. The van der Waals surface area contributed by atoms with Crippen molar-refractivity contribution in [3.63, 3.8) is 0 Å². The highest BCUT2D eigenvalue weighted by Gasteiger charge is 2.05. The Morgan fingerprint density at radius 1 is 1.08 bits per heavy atom. The summed E-state index contributed by atoms with van der Waals surface area (Å²) in [6.07, 6.45) is 4.51. The van der Waals surface area contributed by atoms with Crippen molar-refractivity contribution in [1.82, 2.24) is 4.90 Å². The monoisotopic (exact) mass is 375 g/mol. The smallest absolute Gasteiger partial charge is 0.248 e. The average molecular weight is 376 g/mol. The molecule has 2 rings (SSSR count). The Bertz CT molecular complexity index is 674. The molecule has 0 heterocycles. The summed E-state index contributed by atoms with van der Waals surface area (Å²) in [4.78, 5) is 15.4. The minimum Gasteiger partial charge on any atom is -1.00 e. The van der Waals surface area contributed by atoms with E-state index in [-0.39, 0.29) is 18.3 Å².